The maximum Gasteiger partial charge on any atom is 0.253 e. The maximum absolute atomic E-state index is 14.8. The number of carbonyl (C=O) groups is 1. The van der Waals surface area contributed by atoms with E-state index in [0.717, 1.165) is 12.8 Å². The summed E-state index contributed by atoms with van der Waals surface area (Å²) < 4.78 is 29.6. The summed E-state index contributed by atoms with van der Waals surface area (Å²) in [7, 11) is 0. The van der Waals surface area contributed by atoms with E-state index in [1.54, 1.807) is 48.7 Å². The molecule has 0 spiro atoms. The molecule has 10 heteroatoms. The first-order valence-electron chi connectivity index (χ1n) is 12.9. The van der Waals surface area contributed by atoms with Gasteiger partial charge in [-0.15, -0.1) is 0 Å². The maximum atomic E-state index is 14.8. The number of aromatic nitrogens is 2. The molecule has 2 aliphatic heterocycles. The Kier molecular flexibility index (Phi) is 8.10. The molecule has 1 saturated heterocycles. The van der Waals surface area contributed by atoms with Crippen molar-refractivity contribution >= 4 is 34.9 Å². The topological polar surface area (TPSA) is 96.5 Å². The van der Waals surface area contributed by atoms with Crippen molar-refractivity contribution in [3.63, 3.8) is 0 Å². The van der Waals surface area contributed by atoms with Crippen LogP contribution >= 0.6 is 11.6 Å². The van der Waals surface area contributed by atoms with Gasteiger partial charge >= 0.3 is 0 Å². The third kappa shape index (κ3) is 5.68. The Morgan fingerprint density at radius 2 is 1.71 bits per heavy atom. The Morgan fingerprint density at radius 1 is 1.00 bits per heavy atom. The molecule has 3 heterocycles. The number of fused-ring (bicyclic) bond motifs is 3. The van der Waals surface area contributed by atoms with Crippen molar-refractivity contribution in [3.05, 3.63) is 106 Å². The average Bonchev–Trinajstić information content (AvgIpc) is 3.10. The minimum atomic E-state index is -0.713. The number of hydrogen-bond acceptors (Lipinski definition) is 6. The molecule has 3 N–H and O–H groups in total. The van der Waals surface area contributed by atoms with Crippen molar-refractivity contribution in [2.45, 2.75) is 32.9 Å². The lowest BCUT2D eigenvalue weighted by Crippen LogP contribution is -2.42. The van der Waals surface area contributed by atoms with Crippen molar-refractivity contribution < 1.29 is 13.6 Å². The van der Waals surface area contributed by atoms with Gasteiger partial charge in [-0.3, -0.25) is 9.79 Å². The van der Waals surface area contributed by atoms with E-state index in [-0.39, 0.29) is 37.2 Å². The van der Waals surface area contributed by atoms with Crippen LogP contribution < -0.4 is 11.1 Å². The zero-order chi connectivity index (χ0) is 27.8. The molecule has 4 aromatic rings. The minimum absolute atomic E-state index is 0. The molecule has 0 atom stereocenters. The standard InChI is InChI=1S/C30H25ClF2N6O.CH4/c31-19-6-9-22-23(14-19)28(26-24(32)2-1-3-25(26)33)35-15-18-16-36-30(38-27(18)22)37-21-7-4-17(5-8-21)29(40)39-12-10-20(34)11-13-39;/h1-9,14,16,20H,10-13,15,34H2,(H,36,37,38);1H4. The van der Waals surface area contributed by atoms with Gasteiger partial charge in [0.05, 0.1) is 23.5 Å². The molecule has 0 unspecified atom stereocenters. The van der Waals surface area contributed by atoms with E-state index in [1.165, 1.54) is 18.2 Å². The van der Waals surface area contributed by atoms with E-state index in [0.29, 0.717) is 57.7 Å². The second kappa shape index (κ2) is 11.7. The van der Waals surface area contributed by atoms with Gasteiger partial charge in [0.25, 0.3) is 5.91 Å². The first-order chi connectivity index (χ1) is 19.4. The number of nitrogens with two attached hydrogens (primary N) is 1. The Bertz CT molecular complexity index is 1610. The fourth-order valence-corrected chi connectivity index (χ4v) is 5.20. The molecule has 3 aromatic carbocycles. The number of anilines is 2. The molecule has 7 nitrogen and oxygen atoms in total. The van der Waals surface area contributed by atoms with Crippen LogP contribution in [0.15, 0.2) is 71.9 Å². The predicted molar refractivity (Wildman–Crippen MR) is 158 cm³/mol. The van der Waals surface area contributed by atoms with Gasteiger partial charge in [0, 0.05) is 58.3 Å². The fraction of sp³-hybridized carbons (Fsp3) is 0.226. The molecular formula is C31H29ClF2N6O. The summed E-state index contributed by atoms with van der Waals surface area (Å²) in [5.41, 5.74) is 9.58. The summed E-state index contributed by atoms with van der Waals surface area (Å²) in [5.74, 6) is -1.12. The average molecular weight is 575 g/mol. The van der Waals surface area contributed by atoms with E-state index in [9.17, 15) is 13.6 Å². The summed E-state index contributed by atoms with van der Waals surface area (Å²) in [5, 5.41) is 3.59. The molecule has 0 radical (unpaired) electrons. The van der Waals surface area contributed by atoms with Crippen LogP contribution in [0.1, 0.15) is 47.3 Å². The van der Waals surface area contributed by atoms with Gasteiger partial charge in [-0.2, -0.15) is 0 Å². The Labute approximate surface area is 242 Å². The molecule has 1 amide bonds. The molecule has 0 saturated carbocycles. The summed E-state index contributed by atoms with van der Waals surface area (Å²) in [6.07, 6.45) is 3.25. The highest BCUT2D eigenvalue weighted by Gasteiger charge is 2.25. The number of aliphatic imine (C=N–C) groups is 1. The van der Waals surface area contributed by atoms with Gasteiger partial charge in [-0.25, -0.2) is 18.7 Å². The zero-order valence-electron chi connectivity index (χ0n) is 21.4. The highest BCUT2D eigenvalue weighted by Crippen LogP contribution is 2.34. The van der Waals surface area contributed by atoms with Crippen LogP contribution in [-0.4, -0.2) is 45.6 Å². The van der Waals surface area contributed by atoms with Crippen molar-refractivity contribution in [2.24, 2.45) is 10.7 Å². The number of rotatable bonds is 4. The fourth-order valence-electron chi connectivity index (χ4n) is 5.03. The quantitative estimate of drug-likeness (QED) is 0.295. The lowest BCUT2D eigenvalue weighted by molar-refractivity contribution is 0.0715. The monoisotopic (exact) mass is 574 g/mol. The molecule has 0 bridgehead atoms. The van der Waals surface area contributed by atoms with Crippen LogP contribution in [0.3, 0.4) is 0 Å². The van der Waals surface area contributed by atoms with E-state index in [2.05, 4.69) is 15.3 Å². The molecule has 0 aliphatic carbocycles. The first kappa shape index (κ1) is 28.3. The minimum Gasteiger partial charge on any atom is -0.339 e. The van der Waals surface area contributed by atoms with Crippen molar-refractivity contribution in [2.75, 3.05) is 18.4 Å². The number of amides is 1. The number of hydrogen-bond donors (Lipinski definition) is 2. The number of piperidine rings is 1. The number of nitrogens with one attached hydrogen (secondary N) is 1. The Hall–Kier alpha value is -4.21. The number of likely N-dealkylation sites (tertiary alicyclic amines) is 1. The molecule has 2 aliphatic rings. The van der Waals surface area contributed by atoms with E-state index >= 15 is 0 Å². The van der Waals surface area contributed by atoms with Crippen molar-refractivity contribution in [1.29, 1.82) is 0 Å². The van der Waals surface area contributed by atoms with Gasteiger partial charge in [-0.1, -0.05) is 31.2 Å². The number of halogens is 3. The van der Waals surface area contributed by atoms with Crippen LogP contribution in [-0.2, 0) is 6.54 Å². The Morgan fingerprint density at radius 3 is 2.41 bits per heavy atom. The molecule has 1 fully saturated rings. The molecular weight excluding hydrogens is 546 g/mol. The van der Waals surface area contributed by atoms with Gasteiger partial charge in [-0.05, 0) is 61.4 Å². The normalized spacial score (nSPS) is 14.7. The smallest absolute Gasteiger partial charge is 0.253 e. The third-order valence-electron chi connectivity index (χ3n) is 7.18. The van der Waals surface area contributed by atoms with Crippen molar-refractivity contribution in [3.8, 4) is 11.3 Å². The third-order valence-corrected chi connectivity index (χ3v) is 7.41. The van der Waals surface area contributed by atoms with Crippen LogP contribution in [0.25, 0.3) is 11.3 Å². The summed E-state index contributed by atoms with van der Waals surface area (Å²) in [6.45, 7) is 1.44. The number of benzene rings is 3. The van der Waals surface area contributed by atoms with Gasteiger partial charge in [0.15, 0.2) is 0 Å². The molecule has 1 aromatic heterocycles. The first-order valence-corrected chi connectivity index (χ1v) is 13.3. The van der Waals surface area contributed by atoms with E-state index in [1.807, 2.05) is 4.90 Å². The second-order valence-corrected chi connectivity index (χ2v) is 10.3. The summed E-state index contributed by atoms with van der Waals surface area (Å²) >= 11 is 6.30. The SMILES string of the molecule is C.NC1CCN(C(=O)c2ccc(Nc3ncc4c(n3)-c3ccc(Cl)cc3C(c3c(F)cccc3F)=NC4)cc2)CC1. The van der Waals surface area contributed by atoms with Gasteiger partial charge < -0.3 is 16.0 Å². The highest BCUT2D eigenvalue weighted by atomic mass is 35.5. The van der Waals surface area contributed by atoms with Crippen LogP contribution in [0.5, 0.6) is 0 Å². The largest absolute Gasteiger partial charge is 0.339 e. The van der Waals surface area contributed by atoms with Crippen LogP contribution in [0.2, 0.25) is 5.02 Å². The van der Waals surface area contributed by atoms with Crippen LogP contribution in [0.4, 0.5) is 20.4 Å². The predicted octanol–water partition coefficient (Wildman–Crippen LogP) is 6.37. The van der Waals surface area contributed by atoms with E-state index < -0.39 is 11.6 Å². The molecule has 210 valence electrons. The van der Waals surface area contributed by atoms with Gasteiger partial charge in [0.2, 0.25) is 5.95 Å². The van der Waals surface area contributed by atoms with E-state index in [4.69, 9.17) is 22.3 Å². The van der Waals surface area contributed by atoms with Crippen molar-refractivity contribution in [1.82, 2.24) is 14.9 Å². The highest BCUT2D eigenvalue weighted by molar-refractivity contribution is 6.31. The summed E-state index contributed by atoms with van der Waals surface area (Å²) in [6, 6.07) is 16.1. The Balaban J connectivity index is 0.00000337. The zero-order valence-corrected chi connectivity index (χ0v) is 22.1. The van der Waals surface area contributed by atoms with Crippen LogP contribution in [0, 0.1) is 11.6 Å². The lowest BCUT2D eigenvalue weighted by atomic mass is 9.95. The molecule has 6 rings (SSSR count). The second-order valence-electron chi connectivity index (χ2n) is 9.85. The molecule has 41 heavy (non-hydrogen) atoms. The number of carbonyl (C=O) groups excluding carboxylic acids is 1. The van der Waals surface area contributed by atoms with Gasteiger partial charge in [0.1, 0.15) is 11.6 Å². The summed E-state index contributed by atoms with van der Waals surface area (Å²) in [4.78, 5) is 28.4. The lowest BCUT2D eigenvalue weighted by Gasteiger charge is -2.30. The number of nitrogens with zero attached hydrogens (tertiary/aromatic N) is 4.